The smallest absolute Gasteiger partial charge is 0.212 e. The first-order valence-electron chi connectivity index (χ1n) is 12.6. The SMILES string of the molecule is COc1cccc2c1OC1(C=C2/C=C2\N(C)c3ccccc3C2(C)C)N(C)c2ccccc2C1(C)C. The van der Waals surface area contributed by atoms with Crippen molar-refractivity contribution >= 4 is 16.9 Å². The van der Waals surface area contributed by atoms with E-state index in [-0.39, 0.29) is 10.8 Å². The number of likely N-dealkylation sites (N-methyl/N-ethyl adjacent to an activating group) is 2. The third-order valence-corrected chi connectivity index (χ3v) is 8.68. The van der Waals surface area contributed by atoms with Gasteiger partial charge in [0.15, 0.2) is 11.5 Å². The van der Waals surface area contributed by atoms with E-state index in [1.165, 1.54) is 28.2 Å². The van der Waals surface area contributed by atoms with E-state index in [9.17, 15) is 0 Å². The Balaban J connectivity index is 1.61. The number of fused-ring (bicyclic) bond motifs is 3. The zero-order valence-corrected chi connectivity index (χ0v) is 22.2. The van der Waals surface area contributed by atoms with Gasteiger partial charge in [0.25, 0.3) is 0 Å². The fraction of sp³-hybridized carbons (Fsp3) is 0.312. The predicted octanol–water partition coefficient (Wildman–Crippen LogP) is 6.91. The highest BCUT2D eigenvalue weighted by Gasteiger charge is 2.58. The number of nitrogens with zero attached hydrogens (tertiary/aromatic N) is 2. The summed E-state index contributed by atoms with van der Waals surface area (Å²) in [5.74, 6) is 1.54. The van der Waals surface area contributed by atoms with Crippen LogP contribution in [-0.2, 0) is 10.8 Å². The van der Waals surface area contributed by atoms with E-state index in [0.717, 1.165) is 22.6 Å². The number of allylic oxidation sites excluding steroid dienone is 3. The summed E-state index contributed by atoms with van der Waals surface area (Å²) in [4.78, 5) is 4.62. The standard InChI is InChI=1S/C32H34N2O2/c1-30(2)23-14-8-10-16-25(23)33(5)28(30)19-21-20-32(36-29-22(21)13-12-18-27(29)35-7)31(3,4)24-15-9-11-17-26(24)34(32)6/h8-20H,1-7H3/b28-19-. The first-order chi connectivity index (χ1) is 17.1. The van der Waals surface area contributed by atoms with Gasteiger partial charge in [0.1, 0.15) is 0 Å². The fourth-order valence-electron chi connectivity index (χ4n) is 6.57. The Morgan fingerprint density at radius 3 is 2.14 bits per heavy atom. The van der Waals surface area contributed by atoms with Gasteiger partial charge in [0, 0.05) is 42.1 Å². The fourth-order valence-corrected chi connectivity index (χ4v) is 6.57. The molecule has 0 bridgehead atoms. The van der Waals surface area contributed by atoms with E-state index < -0.39 is 5.72 Å². The minimum absolute atomic E-state index is 0.128. The Morgan fingerprint density at radius 2 is 1.47 bits per heavy atom. The number of ether oxygens (including phenoxy) is 2. The van der Waals surface area contributed by atoms with E-state index in [1.54, 1.807) is 7.11 Å². The van der Waals surface area contributed by atoms with E-state index in [4.69, 9.17) is 9.47 Å². The van der Waals surface area contributed by atoms with Gasteiger partial charge in [-0.3, -0.25) is 0 Å². The van der Waals surface area contributed by atoms with Crippen LogP contribution in [0.15, 0.2) is 84.6 Å². The zero-order chi connectivity index (χ0) is 25.5. The highest BCUT2D eigenvalue weighted by molar-refractivity contribution is 5.87. The maximum Gasteiger partial charge on any atom is 0.212 e. The Labute approximate surface area is 214 Å². The van der Waals surface area contributed by atoms with Crippen LogP contribution >= 0.6 is 0 Å². The summed E-state index contributed by atoms with van der Waals surface area (Å²) >= 11 is 0. The van der Waals surface area contributed by atoms with Crippen molar-refractivity contribution in [3.8, 4) is 11.5 Å². The van der Waals surface area contributed by atoms with Crippen LogP contribution in [-0.4, -0.2) is 26.9 Å². The molecule has 184 valence electrons. The summed E-state index contributed by atoms with van der Waals surface area (Å²) in [5.41, 5.74) is 7.38. The van der Waals surface area contributed by atoms with Crippen molar-refractivity contribution < 1.29 is 9.47 Å². The van der Waals surface area contributed by atoms with E-state index in [2.05, 4.69) is 118 Å². The zero-order valence-electron chi connectivity index (χ0n) is 22.2. The molecule has 1 unspecified atom stereocenters. The molecule has 6 rings (SSSR count). The van der Waals surface area contributed by atoms with Gasteiger partial charge in [0.2, 0.25) is 5.72 Å². The first-order valence-corrected chi connectivity index (χ1v) is 12.6. The molecule has 1 spiro atoms. The summed E-state index contributed by atoms with van der Waals surface area (Å²) in [5, 5.41) is 0. The van der Waals surface area contributed by atoms with Gasteiger partial charge in [-0.25, -0.2) is 0 Å². The molecule has 3 aromatic rings. The second kappa shape index (κ2) is 7.42. The molecule has 4 nitrogen and oxygen atoms in total. The van der Waals surface area contributed by atoms with Gasteiger partial charge < -0.3 is 19.3 Å². The van der Waals surface area contributed by atoms with Gasteiger partial charge in [-0.05, 0) is 60.9 Å². The first kappa shape index (κ1) is 22.8. The van der Waals surface area contributed by atoms with Crippen molar-refractivity contribution in [2.75, 3.05) is 31.0 Å². The van der Waals surface area contributed by atoms with E-state index in [0.29, 0.717) is 0 Å². The number of benzene rings is 3. The normalized spacial score (nSPS) is 23.8. The molecule has 3 aliphatic heterocycles. The summed E-state index contributed by atoms with van der Waals surface area (Å²) in [7, 11) is 6.02. The molecule has 3 aliphatic rings. The molecule has 0 aliphatic carbocycles. The van der Waals surface area contributed by atoms with Crippen LogP contribution in [0.1, 0.15) is 44.4 Å². The average Bonchev–Trinajstić information content (AvgIpc) is 3.17. The molecule has 4 heteroatoms. The van der Waals surface area contributed by atoms with Crippen LogP contribution in [0.2, 0.25) is 0 Å². The summed E-state index contributed by atoms with van der Waals surface area (Å²) in [6.45, 7) is 9.17. The lowest BCUT2D eigenvalue weighted by molar-refractivity contribution is 0.0546. The molecular weight excluding hydrogens is 444 g/mol. The molecule has 3 heterocycles. The number of anilines is 2. The lowest BCUT2D eigenvalue weighted by atomic mass is 9.75. The molecule has 3 aromatic carbocycles. The molecule has 0 N–H and O–H groups in total. The highest BCUT2D eigenvalue weighted by Crippen LogP contribution is 2.57. The summed E-state index contributed by atoms with van der Waals surface area (Å²) < 4.78 is 12.9. The molecule has 0 amide bonds. The van der Waals surface area contributed by atoms with Crippen LogP contribution in [0.4, 0.5) is 11.4 Å². The molecule has 0 saturated heterocycles. The van der Waals surface area contributed by atoms with E-state index >= 15 is 0 Å². The van der Waals surface area contributed by atoms with Gasteiger partial charge >= 0.3 is 0 Å². The van der Waals surface area contributed by atoms with Gasteiger partial charge in [-0.15, -0.1) is 0 Å². The molecule has 0 aromatic heterocycles. The third-order valence-electron chi connectivity index (χ3n) is 8.68. The van der Waals surface area contributed by atoms with Crippen molar-refractivity contribution in [3.05, 3.63) is 101 Å². The number of hydrogen-bond acceptors (Lipinski definition) is 4. The number of para-hydroxylation sites is 3. The molecule has 0 radical (unpaired) electrons. The van der Waals surface area contributed by atoms with E-state index in [1.807, 2.05) is 12.1 Å². The van der Waals surface area contributed by atoms with Crippen LogP contribution < -0.4 is 19.3 Å². The largest absolute Gasteiger partial charge is 0.493 e. The second-order valence-electron chi connectivity index (χ2n) is 11.2. The Morgan fingerprint density at radius 1 is 0.806 bits per heavy atom. The van der Waals surface area contributed by atoms with Crippen molar-refractivity contribution in [1.82, 2.24) is 0 Å². The number of hydrogen-bond donors (Lipinski definition) is 0. The van der Waals surface area contributed by atoms with Crippen LogP contribution in [0, 0.1) is 0 Å². The third kappa shape index (κ3) is 2.76. The van der Waals surface area contributed by atoms with Crippen molar-refractivity contribution in [2.45, 2.75) is 44.2 Å². The summed E-state index contributed by atoms with van der Waals surface area (Å²) in [6, 6.07) is 23.5. The molecule has 0 fully saturated rings. The van der Waals surface area contributed by atoms with Crippen LogP contribution in [0.5, 0.6) is 11.5 Å². The van der Waals surface area contributed by atoms with Crippen molar-refractivity contribution in [1.29, 1.82) is 0 Å². The van der Waals surface area contributed by atoms with Crippen LogP contribution in [0.3, 0.4) is 0 Å². The monoisotopic (exact) mass is 478 g/mol. The Kier molecular flexibility index (Phi) is 4.70. The van der Waals surface area contributed by atoms with Crippen molar-refractivity contribution in [3.63, 3.8) is 0 Å². The highest BCUT2D eigenvalue weighted by atomic mass is 16.5. The van der Waals surface area contributed by atoms with Crippen molar-refractivity contribution in [2.24, 2.45) is 0 Å². The maximum atomic E-state index is 7.03. The van der Waals surface area contributed by atoms with Gasteiger partial charge in [0.05, 0.1) is 12.5 Å². The van der Waals surface area contributed by atoms with Crippen LogP contribution in [0.25, 0.3) is 5.57 Å². The predicted molar refractivity (Wildman–Crippen MR) is 148 cm³/mol. The topological polar surface area (TPSA) is 24.9 Å². The molecular formula is C32H34N2O2. The summed E-state index contributed by atoms with van der Waals surface area (Å²) in [6.07, 6.45) is 4.68. The van der Waals surface area contributed by atoms with Gasteiger partial charge in [-0.2, -0.15) is 0 Å². The maximum absolute atomic E-state index is 7.03. The quantitative estimate of drug-likeness (QED) is 0.400. The molecule has 36 heavy (non-hydrogen) atoms. The molecule has 0 saturated carbocycles. The number of methoxy groups -OCH3 is 1. The van der Waals surface area contributed by atoms with Gasteiger partial charge in [-0.1, -0.05) is 62.4 Å². The number of rotatable bonds is 2. The average molecular weight is 479 g/mol. The molecule has 1 atom stereocenters. The minimum Gasteiger partial charge on any atom is -0.493 e. The Bertz CT molecular complexity index is 1450. The lowest BCUT2D eigenvalue weighted by Gasteiger charge is -2.47. The Hall–Kier alpha value is -3.66. The lowest BCUT2D eigenvalue weighted by Crippen LogP contribution is -2.58. The second-order valence-corrected chi connectivity index (χ2v) is 11.2. The minimum atomic E-state index is -0.709.